The van der Waals surface area contributed by atoms with Gasteiger partial charge in [-0.2, -0.15) is 0 Å². The van der Waals surface area contributed by atoms with Crippen LogP contribution in [0.4, 0.5) is 5.69 Å². The summed E-state index contributed by atoms with van der Waals surface area (Å²) in [5.74, 6) is -0.0490. The molecule has 0 aromatic heterocycles. The summed E-state index contributed by atoms with van der Waals surface area (Å²) in [6, 6.07) is 3.68. The second kappa shape index (κ2) is 5.98. The van der Waals surface area contributed by atoms with E-state index < -0.39 is 11.7 Å². The van der Waals surface area contributed by atoms with Crippen LogP contribution >= 0.6 is 31.9 Å². The zero-order valence-electron chi connectivity index (χ0n) is 11.7. The van der Waals surface area contributed by atoms with Gasteiger partial charge in [-0.3, -0.25) is 9.59 Å². The van der Waals surface area contributed by atoms with Crippen molar-refractivity contribution >= 4 is 49.2 Å². The summed E-state index contributed by atoms with van der Waals surface area (Å²) in [4.78, 5) is 26.0. The number of carbonyl (C=O) groups is 2. The molecule has 2 rings (SSSR count). The summed E-state index contributed by atoms with van der Waals surface area (Å²) < 4.78 is 0.831. The Hall–Kier alpha value is -0.680. The topological polar surface area (TPSA) is 37.4 Å². The Morgan fingerprint density at radius 2 is 1.90 bits per heavy atom. The van der Waals surface area contributed by atoms with Crippen LogP contribution in [0.1, 0.15) is 29.8 Å². The number of alkyl halides is 1. The number of fused-ring (bicyclic) bond motifs is 1. The van der Waals surface area contributed by atoms with E-state index in [1.807, 2.05) is 13.0 Å². The fraction of sp³-hybridized carbons (Fsp3) is 0.467. The van der Waals surface area contributed by atoms with Crippen LogP contribution in [-0.2, 0) is 4.79 Å². The van der Waals surface area contributed by atoms with Gasteiger partial charge < -0.3 is 4.90 Å². The van der Waals surface area contributed by atoms with Crippen molar-refractivity contribution in [2.75, 3.05) is 16.8 Å². The lowest BCUT2D eigenvalue weighted by Crippen LogP contribution is -2.36. The molecule has 1 amide bonds. The molecule has 1 aliphatic heterocycles. The number of halogens is 2. The van der Waals surface area contributed by atoms with E-state index in [1.165, 1.54) is 0 Å². The molecule has 0 saturated heterocycles. The lowest BCUT2D eigenvalue weighted by molar-refractivity contribution is -0.114. The van der Waals surface area contributed by atoms with Crippen LogP contribution in [0, 0.1) is 18.8 Å². The van der Waals surface area contributed by atoms with Crippen LogP contribution in [0.15, 0.2) is 16.6 Å². The Morgan fingerprint density at radius 3 is 2.45 bits per heavy atom. The van der Waals surface area contributed by atoms with Gasteiger partial charge in [-0.1, -0.05) is 45.7 Å². The standard InChI is InChI=1S/C15H17Br2NO2/c1-8(2)10(6-16)7-18-13-9(3)4-11(17)5-12(13)14(19)15(18)20/h4-5,8,10H,6-7H2,1-3H3. The van der Waals surface area contributed by atoms with Crippen LogP contribution in [-0.4, -0.2) is 23.6 Å². The van der Waals surface area contributed by atoms with Gasteiger partial charge in [-0.05, 0) is 36.5 Å². The van der Waals surface area contributed by atoms with E-state index in [0.29, 0.717) is 23.9 Å². The molecule has 0 fully saturated rings. The van der Waals surface area contributed by atoms with Crippen LogP contribution in [0.5, 0.6) is 0 Å². The van der Waals surface area contributed by atoms with E-state index in [9.17, 15) is 9.59 Å². The van der Waals surface area contributed by atoms with Crippen molar-refractivity contribution in [2.24, 2.45) is 11.8 Å². The first kappa shape index (κ1) is 15.7. The van der Waals surface area contributed by atoms with Crippen molar-refractivity contribution in [2.45, 2.75) is 20.8 Å². The zero-order chi connectivity index (χ0) is 15.0. The lowest BCUT2D eigenvalue weighted by Gasteiger charge is -2.26. The molecule has 108 valence electrons. The van der Waals surface area contributed by atoms with Gasteiger partial charge in [-0.15, -0.1) is 0 Å². The van der Waals surface area contributed by atoms with Gasteiger partial charge in [0.15, 0.2) is 0 Å². The highest BCUT2D eigenvalue weighted by Crippen LogP contribution is 2.36. The highest BCUT2D eigenvalue weighted by molar-refractivity contribution is 9.10. The molecule has 0 spiro atoms. The molecular formula is C15H17Br2NO2. The monoisotopic (exact) mass is 401 g/mol. The first-order valence-corrected chi connectivity index (χ1v) is 8.50. The highest BCUT2D eigenvalue weighted by atomic mass is 79.9. The van der Waals surface area contributed by atoms with Gasteiger partial charge in [0.25, 0.3) is 11.7 Å². The Morgan fingerprint density at radius 1 is 1.25 bits per heavy atom. The Labute approximate surface area is 136 Å². The van der Waals surface area contributed by atoms with Gasteiger partial charge >= 0.3 is 0 Å². The number of rotatable bonds is 4. The van der Waals surface area contributed by atoms with Crippen molar-refractivity contribution in [3.05, 3.63) is 27.7 Å². The molecule has 1 heterocycles. The Bertz CT molecular complexity index is 569. The lowest BCUT2D eigenvalue weighted by atomic mass is 9.97. The SMILES string of the molecule is Cc1cc(Br)cc2c1N(CC(CBr)C(C)C)C(=O)C2=O. The van der Waals surface area contributed by atoms with E-state index in [2.05, 4.69) is 45.7 Å². The van der Waals surface area contributed by atoms with E-state index in [1.54, 1.807) is 11.0 Å². The first-order valence-electron chi connectivity index (χ1n) is 6.59. The number of hydrogen-bond acceptors (Lipinski definition) is 2. The summed E-state index contributed by atoms with van der Waals surface area (Å²) in [6.07, 6.45) is 0. The number of hydrogen-bond donors (Lipinski definition) is 0. The third-order valence-corrected chi connectivity index (χ3v) is 5.07. The predicted octanol–water partition coefficient (Wildman–Crippen LogP) is 3.95. The van der Waals surface area contributed by atoms with Crippen molar-refractivity contribution in [3.8, 4) is 0 Å². The average Bonchev–Trinajstić information content (AvgIpc) is 2.60. The minimum Gasteiger partial charge on any atom is -0.304 e. The molecular weight excluding hydrogens is 386 g/mol. The van der Waals surface area contributed by atoms with Gasteiger partial charge in [0.2, 0.25) is 0 Å². The molecule has 0 saturated carbocycles. The predicted molar refractivity (Wildman–Crippen MR) is 87.7 cm³/mol. The number of carbonyl (C=O) groups excluding carboxylic acids is 2. The normalized spacial score (nSPS) is 16.0. The first-order chi connectivity index (χ1) is 9.36. The molecule has 0 radical (unpaired) electrons. The number of benzene rings is 1. The molecule has 0 bridgehead atoms. The number of nitrogens with zero attached hydrogens (tertiary/aromatic N) is 1. The number of anilines is 1. The van der Waals surface area contributed by atoms with Crippen LogP contribution in [0.25, 0.3) is 0 Å². The average molecular weight is 403 g/mol. The summed E-state index contributed by atoms with van der Waals surface area (Å²) >= 11 is 6.88. The molecule has 1 aliphatic rings. The van der Waals surface area contributed by atoms with Gasteiger partial charge in [0, 0.05) is 16.3 Å². The van der Waals surface area contributed by atoms with E-state index in [4.69, 9.17) is 0 Å². The summed E-state index contributed by atoms with van der Waals surface area (Å²) in [6.45, 7) is 6.76. The maximum atomic E-state index is 12.2. The molecule has 0 aliphatic carbocycles. The second-order valence-corrected chi connectivity index (χ2v) is 7.09. The van der Waals surface area contributed by atoms with Crippen molar-refractivity contribution in [3.63, 3.8) is 0 Å². The summed E-state index contributed by atoms with van der Waals surface area (Å²) in [7, 11) is 0. The largest absolute Gasteiger partial charge is 0.304 e. The molecule has 0 N–H and O–H groups in total. The van der Waals surface area contributed by atoms with E-state index >= 15 is 0 Å². The molecule has 1 atom stereocenters. The van der Waals surface area contributed by atoms with Gasteiger partial charge in [0.1, 0.15) is 0 Å². The second-order valence-electron chi connectivity index (χ2n) is 5.52. The molecule has 1 aromatic carbocycles. The van der Waals surface area contributed by atoms with Crippen molar-refractivity contribution in [1.82, 2.24) is 0 Å². The number of aryl methyl sites for hydroxylation is 1. The molecule has 1 aromatic rings. The van der Waals surface area contributed by atoms with Gasteiger partial charge in [-0.25, -0.2) is 0 Å². The third kappa shape index (κ3) is 2.70. The minimum atomic E-state index is -0.409. The van der Waals surface area contributed by atoms with Crippen molar-refractivity contribution < 1.29 is 9.59 Å². The molecule has 1 unspecified atom stereocenters. The third-order valence-electron chi connectivity index (χ3n) is 3.78. The maximum absolute atomic E-state index is 12.2. The van der Waals surface area contributed by atoms with Crippen molar-refractivity contribution in [1.29, 1.82) is 0 Å². The highest BCUT2D eigenvalue weighted by Gasteiger charge is 2.38. The quantitative estimate of drug-likeness (QED) is 0.564. The number of Topliss-reactive ketones (excluding diaryl/α,β-unsaturated/α-hetero) is 1. The van der Waals surface area contributed by atoms with Crippen LogP contribution < -0.4 is 4.90 Å². The zero-order valence-corrected chi connectivity index (χ0v) is 14.9. The van der Waals surface area contributed by atoms with Gasteiger partial charge in [0.05, 0.1) is 11.3 Å². The Balaban J connectivity index is 2.43. The fourth-order valence-electron chi connectivity index (χ4n) is 2.45. The van der Waals surface area contributed by atoms with E-state index in [0.717, 1.165) is 21.1 Å². The molecule has 20 heavy (non-hydrogen) atoms. The summed E-state index contributed by atoms with van der Waals surface area (Å²) in [5.41, 5.74) is 2.24. The fourth-order valence-corrected chi connectivity index (χ4v) is 3.98. The number of amides is 1. The smallest absolute Gasteiger partial charge is 0.299 e. The van der Waals surface area contributed by atoms with Crippen LogP contribution in [0.3, 0.4) is 0 Å². The molecule has 3 nitrogen and oxygen atoms in total. The minimum absolute atomic E-state index is 0.320. The molecule has 5 heteroatoms. The Kier molecular flexibility index (Phi) is 4.69. The van der Waals surface area contributed by atoms with Crippen LogP contribution in [0.2, 0.25) is 0 Å². The van der Waals surface area contributed by atoms with E-state index in [-0.39, 0.29) is 0 Å². The summed E-state index contributed by atoms with van der Waals surface area (Å²) in [5, 5.41) is 0.813. The maximum Gasteiger partial charge on any atom is 0.299 e. The number of ketones is 1.